The number of ether oxygens (including phenoxy) is 3. The van der Waals surface area contributed by atoms with Crippen LogP contribution < -0.4 is 0 Å². The minimum atomic E-state index is -1.27. The van der Waals surface area contributed by atoms with E-state index in [1.165, 1.54) is 7.11 Å². The lowest BCUT2D eigenvalue weighted by Gasteiger charge is -2.15. The van der Waals surface area contributed by atoms with Gasteiger partial charge in [0.15, 0.2) is 6.10 Å². The molecule has 0 amide bonds. The van der Waals surface area contributed by atoms with Crippen LogP contribution in [0.2, 0.25) is 0 Å². The summed E-state index contributed by atoms with van der Waals surface area (Å²) in [5.41, 5.74) is 0. The van der Waals surface area contributed by atoms with Crippen LogP contribution in [-0.4, -0.2) is 49.6 Å². The lowest BCUT2D eigenvalue weighted by atomic mass is 10.1. The van der Waals surface area contributed by atoms with Gasteiger partial charge in [0.25, 0.3) is 0 Å². The summed E-state index contributed by atoms with van der Waals surface area (Å²) < 4.78 is 14.4. The van der Waals surface area contributed by atoms with Gasteiger partial charge in [0.05, 0.1) is 6.61 Å². The number of carboxylic acid groups (broad SMARTS) is 1. The third kappa shape index (κ3) is 7.39. The SMILES string of the molecule is CO[C@@H](C#N)C(=O)OCCO[C@@H](CC(C)C)C(=O)O. The second-order valence-electron chi connectivity index (χ2n) is 4.24. The second kappa shape index (κ2) is 9.30. The van der Waals surface area contributed by atoms with Gasteiger partial charge in [-0.15, -0.1) is 0 Å². The number of carboxylic acids is 1. The van der Waals surface area contributed by atoms with Gasteiger partial charge in [0.1, 0.15) is 12.7 Å². The molecule has 0 saturated heterocycles. The number of aliphatic carboxylic acids is 1. The van der Waals surface area contributed by atoms with E-state index >= 15 is 0 Å². The van der Waals surface area contributed by atoms with Gasteiger partial charge in [-0.1, -0.05) is 13.8 Å². The van der Waals surface area contributed by atoms with E-state index in [4.69, 9.17) is 19.8 Å². The number of rotatable bonds is 9. The van der Waals surface area contributed by atoms with E-state index in [-0.39, 0.29) is 19.1 Å². The van der Waals surface area contributed by atoms with Gasteiger partial charge in [-0.05, 0) is 12.3 Å². The standard InChI is InChI=1S/C12H19NO6/c1-8(2)6-9(11(14)15)18-4-5-19-12(16)10(7-13)17-3/h8-10H,4-6H2,1-3H3,(H,14,15)/t9-,10-/m0/s1. The predicted octanol–water partition coefficient (Wildman–Crippen LogP) is 0.584. The zero-order valence-electron chi connectivity index (χ0n) is 11.3. The molecule has 0 saturated carbocycles. The molecule has 2 atom stereocenters. The number of nitrogens with zero attached hydrogens (tertiary/aromatic N) is 1. The fourth-order valence-electron chi connectivity index (χ4n) is 1.28. The molecule has 0 aromatic heterocycles. The molecule has 0 aliphatic carbocycles. The zero-order valence-corrected chi connectivity index (χ0v) is 11.3. The molecule has 7 nitrogen and oxygen atoms in total. The smallest absolute Gasteiger partial charge is 0.350 e. The summed E-state index contributed by atoms with van der Waals surface area (Å²) in [4.78, 5) is 22.1. The van der Waals surface area contributed by atoms with E-state index in [2.05, 4.69) is 4.74 Å². The number of carbonyl (C=O) groups is 2. The van der Waals surface area contributed by atoms with E-state index in [9.17, 15) is 9.59 Å². The predicted molar refractivity (Wildman–Crippen MR) is 64.2 cm³/mol. The minimum absolute atomic E-state index is 0.0444. The van der Waals surface area contributed by atoms with Crippen LogP contribution in [0.25, 0.3) is 0 Å². The molecule has 0 heterocycles. The first-order chi connectivity index (χ1) is 8.92. The van der Waals surface area contributed by atoms with E-state index in [1.807, 2.05) is 13.8 Å². The van der Waals surface area contributed by atoms with E-state index in [0.717, 1.165) is 0 Å². The van der Waals surface area contributed by atoms with E-state index in [0.29, 0.717) is 6.42 Å². The molecular weight excluding hydrogens is 254 g/mol. The van der Waals surface area contributed by atoms with Crippen LogP contribution in [0, 0.1) is 17.2 Å². The molecule has 0 bridgehead atoms. The summed E-state index contributed by atoms with van der Waals surface area (Å²) >= 11 is 0. The Morgan fingerprint density at radius 3 is 2.37 bits per heavy atom. The summed E-state index contributed by atoms with van der Waals surface area (Å²) in [5.74, 6) is -1.68. The summed E-state index contributed by atoms with van der Waals surface area (Å²) in [7, 11) is 1.22. The monoisotopic (exact) mass is 273 g/mol. The summed E-state index contributed by atoms with van der Waals surface area (Å²) in [5, 5.41) is 17.4. The largest absolute Gasteiger partial charge is 0.479 e. The molecule has 7 heteroatoms. The third-order valence-electron chi connectivity index (χ3n) is 2.17. The zero-order chi connectivity index (χ0) is 14.8. The maximum atomic E-state index is 11.2. The Morgan fingerprint density at radius 1 is 1.32 bits per heavy atom. The Morgan fingerprint density at radius 2 is 1.95 bits per heavy atom. The van der Waals surface area contributed by atoms with Gasteiger partial charge in [0, 0.05) is 7.11 Å². The molecule has 0 radical (unpaired) electrons. The molecular formula is C12H19NO6. The number of carbonyl (C=O) groups excluding carboxylic acids is 1. The first kappa shape index (κ1) is 17.4. The third-order valence-corrected chi connectivity index (χ3v) is 2.17. The number of hydrogen-bond acceptors (Lipinski definition) is 6. The highest BCUT2D eigenvalue weighted by Gasteiger charge is 2.21. The number of nitriles is 1. The minimum Gasteiger partial charge on any atom is -0.479 e. The van der Waals surface area contributed by atoms with Crippen LogP contribution in [0.3, 0.4) is 0 Å². The van der Waals surface area contributed by atoms with Gasteiger partial charge < -0.3 is 19.3 Å². The summed E-state index contributed by atoms with van der Waals surface area (Å²) in [6, 6.07) is 1.61. The van der Waals surface area contributed by atoms with Crippen molar-refractivity contribution in [3.05, 3.63) is 0 Å². The number of methoxy groups -OCH3 is 1. The average Bonchev–Trinajstić information content (AvgIpc) is 2.33. The molecule has 0 rings (SSSR count). The quantitative estimate of drug-likeness (QED) is 0.484. The van der Waals surface area contributed by atoms with E-state index < -0.39 is 24.1 Å². The van der Waals surface area contributed by atoms with Crippen LogP contribution in [0.4, 0.5) is 0 Å². The van der Waals surface area contributed by atoms with Crippen molar-refractivity contribution in [1.29, 1.82) is 5.26 Å². The highest BCUT2D eigenvalue weighted by atomic mass is 16.6. The molecule has 0 aliphatic rings. The molecule has 0 aromatic rings. The second-order valence-corrected chi connectivity index (χ2v) is 4.24. The van der Waals surface area contributed by atoms with Crippen molar-refractivity contribution < 1.29 is 28.9 Å². The normalized spacial score (nSPS) is 13.6. The maximum absolute atomic E-state index is 11.2. The average molecular weight is 273 g/mol. The topological polar surface area (TPSA) is 106 Å². The molecule has 0 unspecified atom stereocenters. The lowest BCUT2D eigenvalue weighted by Crippen LogP contribution is -2.29. The number of hydrogen-bond donors (Lipinski definition) is 1. The van der Waals surface area contributed by atoms with Crippen molar-refractivity contribution in [3.63, 3.8) is 0 Å². The lowest BCUT2D eigenvalue weighted by molar-refractivity contribution is -0.158. The van der Waals surface area contributed by atoms with Crippen molar-refractivity contribution in [2.75, 3.05) is 20.3 Å². The van der Waals surface area contributed by atoms with Crippen LogP contribution in [0.15, 0.2) is 0 Å². The molecule has 0 aromatic carbocycles. The maximum Gasteiger partial charge on any atom is 0.350 e. The van der Waals surface area contributed by atoms with Crippen molar-refractivity contribution >= 4 is 11.9 Å². The Balaban J connectivity index is 3.98. The molecule has 1 N–H and O–H groups in total. The van der Waals surface area contributed by atoms with Crippen LogP contribution in [-0.2, 0) is 23.8 Å². The van der Waals surface area contributed by atoms with Gasteiger partial charge in [-0.25, -0.2) is 9.59 Å². The Bertz CT molecular complexity index is 336. The van der Waals surface area contributed by atoms with Crippen LogP contribution in [0.5, 0.6) is 0 Å². The first-order valence-electron chi connectivity index (χ1n) is 5.85. The molecule has 108 valence electrons. The van der Waals surface area contributed by atoms with Crippen molar-refractivity contribution in [2.45, 2.75) is 32.5 Å². The number of esters is 1. The Kier molecular flexibility index (Phi) is 8.49. The van der Waals surface area contributed by atoms with Gasteiger partial charge in [-0.2, -0.15) is 5.26 Å². The van der Waals surface area contributed by atoms with Gasteiger partial charge in [-0.3, -0.25) is 0 Å². The highest BCUT2D eigenvalue weighted by Crippen LogP contribution is 2.08. The van der Waals surface area contributed by atoms with Crippen molar-refractivity contribution in [3.8, 4) is 6.07 Å². The van der Waals surface area contributed by atoms with Crippen LogP contribution >= 0.6 is 0 Å². The summed E-state index contributed by atoms with van der Waals surface area (Å²) in [6.07, 6.45) is -1.82. The Hall–Kier alpha value is -1.65. The van der Waals surface area contributed by atoms with Gasteiger partial charge in [0.2, 0.25) is 6.10 Å². The fraction of sp³-hybridized carbons (Fsp3) is 0.750. The van der Waals surface area contributed by atoms with Crippen molar-refractivity contribution in [2.24, 2.45) is 5.92 Å². The summed E-state index contributed by atoms with van der Waals surface area (Å²) in [6.45, 7) is 3.60. The van der Waals surface area contributed by atoms with Gasteiger partial charge >= 0.3 is 11.9 Å². The van der Waals surface area contributed by atoms with E-state index in [1.54, 1.807) is 6.07 Å². The fourth-order valence-corrected chi connectivity index (χ4v) is 1.28. The van der Waals surface area contributed by atoms with Crippen LogP contribution in [0.1, 0.15) is 20.3 Å². The van der Waals surface area contributed by atoms with Crippen molar-refractivity contribution in [1.82, 2.24) is 0 Å². The molecule has 0 fully saturated rings. The molecule has 0 aliphatic heterocycles. The Labute approximate surface area is 112 Å². The molecule has 0 spiro atoms. The molecule has 19 heavy (non-hydrogen) atoms. The highest BCUT2D eigenvalue weighted by molar-refractivity contribution is 5.77. The first-order valence-corrected chi connectivity index (χ1v) is 5.85.